The molecule has 3 rings (SSSR count). The highest BCUT2D eigenvalue weighted by molar-refractivity contribution is 5.89. The van der Waals surface area contributed by atoms with Crippen LogP contribution in [0.3, 0.4) is 0 Å². The van der Waals surface area contributed by atoms with Crippen LogP contribution in [0.5, 0.6) is 5.75 Å². The zero-order valence-electron chi connectivity index (χ0n) is 15.5. The van der Waals surface area contributed by atoms with E-state index in [1.165, 1.54) is 0 Å². The molecule has 1 atom stereocenters. The summed E-state index contributed by atoms with van der Waals surface area (Å²) in [4.78, 5) is 28.6. The number of hydrogen-bond acceptors (Lipinski definition) is 4. The molecule has 1 saturated carbocycles. The molecular weight excluding hydrogens is 332 g/mol. The van der Waals surface area contributed by atoms with Crippen LogP contribution in [0.25, 0.3) is 0 Å². The van der Waals surface area contributed by atoms with Gasteiger partial charge in [-0.15, -0.1) is 0 Å². The molecule has 1 unspecified atom stereocenters. The lowest BCUT2D eigenvalue weighted by molar-refractivity contribution is -0.126. The highest BCUT2D eigenvalue weighted by atomic mass is 16.5. The number of carbonyl (C=O) groups is 2. The number of benzene rings is 1. The molecule has 1 aromatic carbocycles. The second-order valence-corrected chi connectivity index (χ2v) is 6.87. The third-order valence-electron chi connectivity index (χ3n) is 4.85. The van der Waals surface area contributed by atoms with Crippen molar-refractivity contribution in [2.24, 2.45) is 0 Å². The van der Waals surface area contributed by atoms with Crippen molar-refractivity contribution in [3.05, 3.63) is 24.3 Å². The van der Waals surface area contributed by atoms with Crippen molar-refractivity contribution in [1.82, 2.24) is 15.1 Å². The van der Waals surface area contributed by atoms with Crippen LogP contribution in [0.4, 0.5) is 10.5 Å². The number of urea groups is 1. The Kier molecular flexibility index (Phi) is 5.98. The first-order valence-electron chi connectivity index (χ1n) is 9.40. The summed E-state index contributed by atoms with van der Waals surface area (Å²) in [5.41, 5.74) is 0.723. The highest BCUT2D eigenvalue weighted by Gasteiger charge is 2.30. The van der Waals surface area contributed by atoms with Crippen molar-refractivity contribution in [2.45, 2.75) is 38.8 Å². The Bertz CT molecular complexity index is 639. The first kappa shape index (κ1) is 18.5. The molecule has 142 valence electrons. The highest BCUT2D eigenvalue weighted by Crippen LogP contribution is 2.20. The van der Waals surface area contributed by atoms with Gasteiger partial charge in [0.25, 0.3) is 0 Å². The van der Waals surface area contributed by atoms with Gasteiger partial charge in [-0.05, 0) is 38.8 Å². The molecule has 1 heterocycles. The van der Waals surface area contributed by atoms with Gasteiger partial charge in [0, 0.05) is 44.0 Å². The first-order chi connectivity index (χ1) is 12.6. The van der Waals surface area contributed by atoms with Gasteiger partial charge >= 0.3 is 6.03 Å². The number of ether oxygens (including phenoxy) is 1. The van der Waals surface area contributed by atoms with Crippen LogP contribution in [0.2, 0.25) is 0 Å². The Morgan fingerprint density at radius 1 is 1.23 bits per heavy atom. The van der Waals surface area contributed by atoms with Crippen molar-refractivity contribution in [2.75, 3.05) is 38.1 Å². The minimum Gasteiger partial charge on any atom is -0.494 e. The standard InChI is InChI=1S/C19H28N4O3/c1-3-26-17-6-4-5-16(13-17)21-19(25)23-11-9-22(10-12-23)14(2)18(24)20-15-7-8-15/h4-6,13-15H,3,7-12H2,1-2H3,(H,20,24)(H,21,25). The van der Waals surface area contributed by atoms with Gasteiger partial charge in [-0.25, -0.2) is 4.79 Å². The van der Waals surface area contributed by atoms with E-state index in [9.17, 15) is 9.59 Å². The number of rotatable bonds is 6. The van der Waals surface area contributed by atoms with E-state index in [-0.39, 0.29) is 18.0 Å². The number of amides is 3. The predicted molar refractivity (Wildman–Crippen MR) is 100 cm³/mol. The third kappa shape index (κ3) is 4.88. The van der Waals surface area contributed by atoms with Crippen LogP contribution in [0.15, 0.2) is 24.3 Å². The SMILES string of the molecule is CCOc1cccc(NC(=O)N2CCN(C(C)C(=O)NC3CC3)CC2)c1. The normalized spacial score (nSPS) is 18.9. The smallest absolute Gasteiger partial charge is 0.321 e. The summed E-state index contributed by atoms with van der Waals surface area (Å²) in [5, 5.41) is 5.97. The second-order valence-electron chi connectivity index (χ2n) is 6.87. The Hall–Kier alpha value is -2.28. The Balaban J connectivity index is 1.47. The lowest BCUT2D eigenvalue weighted by Crippen LogP contribution is -2.55. The minimum absolute atomic E-state index is 0.0955. The van der Waals surface area contributed by atoms with E-state index in [4.69, 9.17) is 4.74 Å². The minimum atomic E-state index is -0.149. The quantitative estimate of drug-likeness (QED) is 0.813. The van der Waals surface area contributed by atoms with Crippen molar-refractivity contribution < 1.29 is 14.3 Å². The summed E-state index contributed by atoms with van der Waals surface area (Å²) in [7, 11) is 0. The number of piperazine rings is 1. The molecule has 0 aromatic heterocycles. The molecule has 3 amide bonds. The molecule has 7 nitrogen and oxygen atoms in total. The molecule has 1 aliphatic carbocycles. The maximum Gasteiger partial charge on any atom is 0.321 e. The fraction of sp³-hybridized carbons (Fsp3) is 0.579. The molecule has 1 saturated heterocycles. The Morgan fingerprint density at radius 3 is 2.62 bits per heavy atom. The number of hydrogen-bond donors (Lipinski definition) is 2. The molecule has 1 aromatic rings. The average Bonchev–Trinajstić information content (AvgIpc) is 3.46. The first-order valence-corrected chi connectivity index (χ1v) is 9.40. The molecule has 0 bridgehead atoms. The van der Waals surface area contributed by atoms with Gasteiger partial charge in [-0.2, -0.15) is 0 Å². The molecule has 0 spiro atoms. The van der Waals surface area contributed by atoms with Crippen molar-refractivity contribution in [1.29, 1.82) is 0 Å². The number of anilines is 1. The zero-order valence-corrected chi connectivity index (χ0v) is 15.5. The van der Waals surface area contributed by atoms with Crippen molar-refractivity contribution >= 4 is 17.6 Å². The molecule has 7 heteroatoms. The summed E-state index contributed by atoms with van der Waals surface area (Å²) >= 11 is 0. The van der Waals surface area contributed by atoms with Gasteiger partial charge in [-0.1, -0.05) is 6.07 Å². The van der Waals surface area contributed by atoms with Crippen LogP contribution in [-0.2, 0) is 4.79 Å². The number of nitrogens with zero attached hydrogens (tertiary/aromatic N) is 2. The summed E-state index contributed by atoms with van der Waals surface area (Å²) < 4.78 is 5.46. The molecule has 0 radical (unpaired) electrons. The molecule has 2 fully saturated rings. The second kappa shape index (κ2) is 8.40. The van der Waals surface area contributed by atoms with Crippen LogP contribution in [-0.4, -0.2) is 66.6 Å². The van der Waals surface area contributed by atoms with Gasteiger partial charge in [0.05, 0.1) is 12.6 Å². The fourth-order valence-electron chi connectivity index (χ4n) is 3.06. The average molecular weight is 360 g/mol. The molecular formula is C19H28N4O3. The molecule has 1 aliphatic heterocycles. The van der Waals surface area contributed by atoms with Crippen LogP contribution >= 0.6 is 0 Å². The number of nitrogens with one attached hydrogen (secondary N) is 2. The van der Waals surface area contributed by atoms with E-state index in [0.717, 1.165) is 24.3 Å². The maximum absolute atomic E-state index is 12.5. The van der Waals surface area contributed by atoms with Crippen LogP contribution in [0.1, 0.15) is 26.7 Å². The zero-order chi connectivity index (χ0) is 18.5. The van der Waals surface area contributed by atoms with Gasteiger partial charge in [0.15, 0.2) is 0 Å². The summed E-state index contributed by atoms with van der Waals surface area (Å²) in [6.07, 6.45) is 2.19. The van der Waals surface area contributed by atoms with Gasteiger partial charge in [0.1, 0.15) is 5.75 Å². The molecule has 2 aliphatic rings. The van der Waals surface area contributed by atoms with Gasteiger partial charge in [-0.3, -0.25) is 9.69 Å². The van der Waals surface area contributed by atoms with Crippen molar-refractivity contribution in [3.8, 4) is 5.75 Å². The Morgan fingerprint density at radius 2 is 1.96 bits per heavy atom. The summed E-state index contributed by atoms with van der Waals surface area (Å²) in [6, 6.07) is 7.51. The van der Waals surface area contributed by atoms with Crippen LogP contribution < -0.4 is 15.4 Å². The van der Waals surface area contributed by atoms with E-state index in [2.05, 4.69) is 15.5 Å². The third-order valence-corrected chi connectivity index (χ3v) is 4.85. The largest absolute Gasteiger partial charge is 0.494 e. The van der Waals surface area contributed by atoms with Gasteiger partial charge < -0.3 is 20.3 Å². The lowest BCUT2D eigenvalue weighted by Gasteiger charge is -2.37. The topological polar surface area (TPSA) is 73.9 Å². The maximum atomic E-state index is 12.5. The predicted octanol–water partition coefficient (Wildman–Crippen LogP) is 1.90. The monoisotopic (exact) mass is 360 g/mol. The van der Waals surface area contributed by atoms with Crippen LogP contribution in [0, 0.1) is 0 Å². The molecule has 26 heavy (non-hydrogen) atoms. The van der Waals surface area contributed by atoms with E-state index in [1.54, 1.807) is 4.90 Å². The summed E-state index contributed by atoms with van der Waals surface area (Å²) in [6.45, 7) is 7.07. The molecule has 2 N–H and O–H groups in total. The van der Waals surface area contributed by atoms with E-state index >= 15 is 0 Å². The van der Waals surface area contributed by atoms with Gasteiger partial charge in [0.2, 0.25) is 5.91 Å². The Labute approximate surface area is 154 Å². The van der Waals surface area contributed by atoms with E-state index in [0.29, 0.717) is 38.8 Å². The number of carbonyl (C=O) groups excluding carboxylic acids is 2. The lowest BCUT2D eigenvalue weighted by atomic mass is 10.2. The summed E-state index contributed by atoms with van der Waals surface area (Å²) in [5.74, 6) is 0.837. The van der Waals surface area contributed by atoms with E-state index < -0.39 is 0 Å². The van der Waals surface area contributed by atoms with Crippen molar-refractivity contribution in [3.63, 3.8) is 0 Å². The van der Waals surface area contributed by atoms with E-state index in [1.807, 2.05) is 38.1 Å². The fourth-order valence-corrected chi connectivity index (χ4v) is 3.06.